The molecule has 0 bridgehead atoms. The first-order valence-corrected chi connectivity index (χ1v) is 7.10. The highest BCUT2D eigenvalue weighted by Gasteiger charge is 2.44. The molecule has 110 valence electrons. The lowest BCUT2D eigenvalue weighted by Crippen LogP contribution is -2.55. The Labute approximate surface area is 120 Å². The van der Waals surface area contributed by atoms with E-state index in [2.05, 4.69) is 19.2 Å². The van der Waals surface area contributed by atoms with Crippen LogP contribution in [0.15, 0.2) is 24.3 Å². The van der Waals surface area contributed by atoms with Gasteiger partial charge >= 0.3 is 0 Å². The van der Waals surface area contributed by atoms with Crippen LogP contribution in [0.1, 0.15) is 39.5 Å². The summed E-state index contributed by atoms with van der Waals surface area (Å²) < 4.78 is 5.35. The Morgan fingerprint density at radius 1 is 1.30 bits per heavy atom. The summed E-state index contributed by atoms with van der Waals surface area (Å²) in [5, 5.41) is 3.37. The van der Waals surface area contributed by atoms with Crippen molar-refractivity contribution in [3.05, 3.63) is 24.3 Å². The number of hydrogen-bond donors (Lipinski definition) is 2. The highest BCUT2D eigenvalue weighted by atomic mass is 16.5. The third kappa shape index (κ3) is 2.89. The zero-order valence-corrected chi connectivity index (χ0v) is 12.5. The molecule has 0 aromatic heterocycles. The molecule has 3 N–H and O–H groups in total. The normalized spacial score (nSPS) is 24.9. The van der Waals surface area contributed by atoms with Crippen molar-refractivity contribution in [2.45, 2.75) is 45.1 Å². The lowest BCUT2D eigenvalue weighted by atomic mass is 9.67. The molecule has 0 heterocycles. The summed E-state index contributed by atoms with van der Waals surface area (Å²) in [4.78, 5) is 12.1. The highest BCUT2D eigenvalue weighted by Crippen LogP contribution is 2.43. The number of methoxy groups -OCH3 is 1. The minimum atomic E-state index is -0.684. The van der Waals surface area contributed by atoms with E-state index in [0.717, 1.165) is 37.1 Å². The molecule has 1 aromatic rings. The monoisotopic (exact) mass is 276 g/mol. The van der Waals surface area contributed by atoms with Gasteiger partial charge in [-0.25, -0.2) is 0 Å². The van der Waals surface area contributed by atoms with Gasteiger partial charge in [0, 0.05) is 0 Å². The number of carbonyl (C=O) groups excluding carboxylic acids is 1. The van der Waals surface area contributed by atoms with Crippen molar-refractivity contribution in [2.24, 2.45) is 11.1 Å². The number of carbonyl (C=O) groups is 1. The lowest BCUT2D eigenvalue weighted by Gasteiger charge is -2.44. The summed E-state index contributed by atoms with van der Waals surface area (Å²) >= 11 is 0. The Bertz CT molecular complexity index is 499. The Balaban J connectivity index is 2.32. The van der Waals surface area contributed by atoms with Crippen LogP contribution in [0.2, 0.25) is 0 Å². The van der Waals surface area contributed by atoms with Crippen LogP contribution < -0.4 is 15.8 Å². The summed E-state index contributed by atoms with van der Waals surface area (Å²) in [7, 11) is 1.63. The van der Waals surface area contributed by atoms with Crippen LogP contribution in [0, 0.1) is 5.41 Å². The number of rotatable bonds is 4. The molecule has 4 nitrogen and oxygen atoms in total. The molecule has 2 rings (SSSR count). The number of anilines is 1. The summed E-state index contributed by atoms with van der Waals surface area (Å²) in [6, 6.07) is 7.63. The molecule has 4 heteroatoms. The molecular weight excluding hydrogens is 252 g/mol. The first kappa shape index (κ1) is 14.7. The maximum absolute atomic E-state index is 12.1. The van der Waals surface area contributed by atoms with Crippen LogP contribution in [-0.2, 0) is 4.79 Å². The molecule has 0 aliphatic heterocycles. The van der Waals surface area contributed by atoms with E-state index in [-0.39, 0.29) is 11.3 Å². The van der Waals surface area contributed by atoms with Crippen molar-refractivity contribution in [1.29, 1.82) is 0 Å². The molecule has 1 aromatic carbocycles. The van der Waals surface area contributed by atoms with Crippen molar-refractivity contribution in [1.82, 2.24) is 0 Å². The van der Waals surface area contributed by atoms with Crippen LogP contribution in [-0.4, -0.2) is 18.6 Å². The fourth-order valence-corrected chi connectivity index (χ4v) is 3.25. The molecule has 0 radical (unpaired) electrons. The van der Waals surface area contributed by atoms with E-state index < -0.39 is 5.54 Å². The minimum absolute atomic E-state index is 0.113. The molecule has 1 fully saturated rings. The topological polar surface area (TPSA) is 64.3 Å². The van der Waals surface area contributed by atoms with Gasteiger partial charge in [-0.3, -0.25) is 4.79 Å². The van der Waals surface area contributed by atoms with E-state index in [1.165, 1.54) is 0 Å². The largest absolute Gasteiger partial charge is 0.495 e. The summed E-state index contributed by atoms with van der Waals surface area (Å²) in [6.45, 7) is 4.38. The van der Waals surface area contributed by atoms with Crippen molar-refractivity contribution in [3.63, 3.8) is 0 Å². The fraction of sp³-hybridized carbons (Fsp3) is 0.562. The number of nitrogens with one attached hydrogen (secondary N) is 1. The number of primary amides is 1. The quantitative estimate of drug-likeness (QED) is 0.888. The maximum Gasteiger partial charge on any atom is 0.243 e. The van der Waals surface area contributed by atoms with Gasteiger partial charge < -0.3 is 15.8 Å². The minimum Gasteiger partial charge on any atom is -0.495 e. The van der Waals surface area contributed by atoms with Crippen molar-refractivity contribution >= 4 is 11.6 Å². The standard InChI is InChI=1S/C16H24N2O2/c1-15(2)9-6-10-16(11-15,14(17)19)18-12-7-4-5-8-13(12)20-3/h4-5,7-8,18H,6,9-11H2,1-3H3,(H2,17,19). The van der Waals surface area contributed by atoms with Gasteiger partial charge in [0.25, 0.3) is 0 Å². The van der Waals surface area contributed by atoms with Crippen molar-refractivity contribution < 1.29 is 9.53 Å². The second kappa shape index (κ2) is 5.35. The third-order valence-corrected chi connectivity index (χ3v) is 4.19. The Kier molecular flexibility index (Phi) is 3.93. The van der Waals surface area contributed by atoms with Gasteiger partial charge in [-0.2, -0.15) is 0 Å². The van der Waals surface area contributed by atoms with Crippen LogP contribution in [0.3, 0.4) is 0 Å². The Morgan fingerprint density at radius 2 is 2.00 bits per heavy atom. The number of para-hydroxylation sites is 2. The average Bonchev–Trinajstić information content (AvgIpc) is 2.38. The van der Waals surface area contributed by atoms with Crippen LogP contribution in [0.4, 0.5) is 5.69 Å². The van der Waals surface area contributed by atoms with Gasteiger partial charge in [-0.1, -0.05) is 32.4 Å². The summed E-state index contributed by atoms with van der Waals surface area (Å²) in [5.74, 6) is 0.452. The van der Waals surface area contributed by atoms with Crippen molar-refractivity contribution in [2.75, 3.05) is 12.4 Å². The van der Waals surface area contributed by atoms with E-state index in [9.17, 15) is 4.79 Å². The van der Waals surface area contributed by atoms with E-state index in [1.807, 2.05) is 24.3 Å². The molecule has 1 amide bonds. The Morgan fingerprint density at radius 3 is 2.60 bits per heavy atom. The molecule has 0 spiro atoms. The van der Waals surface area contributed by atoms with Crippen LogP contribution in [0.25, 0.3) is 0 Å². The molecule has 1 saturated carbocycles. The number of ether oxygens (including phenoxy) is 1. The van der Waals surface area contributed by atoms with E-state index in [4.69, 9.17) is 10.5 Å². The highest BCUT2D eigenvalue weighted by molar-refractivity contribution is 5.88. The second-order valence-corrected chi connectivity index (χ2v) is 6.47. The zero-order valence-electron chi connectivity index (χ0n) is 12.5. The Hall–Kier alpha value is -1.71. The second-order valence-electron chi connectivity index (χ2n) is 6.47. The average molecular weight is 276 g/mol. The third-order valence-electron chi connectivity index (χ3n) is 4.19. The maximum atomic E-state index is 12.1. The molecule has 1 aliphatic rings. The van der Waals surface area contributed by atoms with E-state index >= 15 is 0 Å². The van der Waals surface area contributed by atoms with E-state index in [0.29, 0.717) is 0 Å². The van der Waals surface area contributed by atoms with Crippen LogP contribution >= 0.6 is 0 Å². The zero-order chi connectivity index (χ0) is 14.8. The molecule has 1 aliphatic carbocycles. The summed E-state index contributed by atoms with van der Waals surface area (Å²) in [6.07, 6.45) is 3.63. The first-order valence-electron chi connectivity index (χ1n) is 7.10. The predicted molar refractivity (Wildman–Crippen MR) is 80.8 cm³/mol. The number of hydrogen-bond acceptors (Lipinski definition) is 3. The smallest absolute Gasteiger partial charge is 0.243 e. The van der Waals surface area contributed by atoms with Crippen LogP contribution in [0.5, 0.6) is 5.75 Å². The SMILES string of the molecule is COc1ccccc1NC1(C(N)=O)CCCC(C)(C)C1. The van der Waals surface area contributed by atoms with E-state index in [1.54, 1.807) is 7.11 Å². The molecule has 20 heavy (non-hydrogen) atoms. The first-order chi connectivity index (χ1) is 9.38. The van der Waals surface area contributed by atoms with Gasteiger partial charge in [0.15, 0.2) is 0 Å². The van der Waals surface area contributed by atoms with Crippen molar-refractivity contribution in [3.8, 4) is 5.75 Å². The summed E-state index contributed by atoms with van der Waals surface area (Å²) in [5.41, 5.74) is 5.98. The van der Waals surface area contributed by atoms with Gasteiger partial charge in [-0.05, 0) is 36.8 Å². The predicted octanol–water partition coefficient (Wildman–Crippen LogP) is 2.93. The number of amides is 1. The molecule has 0 saturated heterocycles. The molecular formula is C16H24N2O2. The lowest BCUT2D eigenvalue weighted by molar-refractivity contribution is -0.124. The van der Waals surface area contributed by atoms with Gasteiger partial charge in [-0.15, -0.1) is 0 Å². The molecule has 1 unspecified atom stereocenters. The van der Waals surface area contributed by atoms with Gasteiger partial charge in [0.2, 0.25) is 5.91 Å². The van der Waals surface area contributed by atoms with Gasteiger partial charge in [0.05, 0.1) is 12.8 Å². The number of benzene rings is 1. The fourth-order valence-electron chi connectivity index (χ4n) is 3.25. The number of nitrogens with two attached hydrogens (primary N) is 1. The molecule has 1 atom stereocenters. The van der Waals surface area contributed by atoms with Gasteiger partial charge in [0.1, 0.15) is 11.3 Å².